The van der Waals surface area contributed by atoms with Gasteiger partial charge >= 0.3 is 0 Å². The van der Waals surface area contributed by atoms with Gasteiger partial charge in [-0.2, -0.15) is 4.99 Å². The largest absolute Gasteiger partial charge is 0.316 e. The van der Waals surface area contributed by atoms with Gasteiger partial charge in [0.1, 0.15) is 0 Å². The highest BCUT2D eigenvalue weighted by Crippen LogP contribution is 2.23. The fourth-order valence-electron chi connectivity index (χ4n) is 2.98. The molecular formula is C22H23N3O3S. The van der Waals surface area contributed by atoms with Gasteiger partial charge in [0.05, 0.1) is 15.1 Å². The van der Waals surface area contributed by atoms with Gasteiger partial charge in [-0.05, 0) is 53.8 Å². The van der Waals surface area contributed by atoms with Gasteiger partial charge in [-0.3, -0.25) is 14.9 Å². The molecule has 0 radical (unpaired) electrons. The summed E-state index contributed by atoms with van der Waals surface area (Å²) in [5, 5.41) is 10.7. The summed E-state index contributed by atoms with van der Waals surface area (Å²) in [5.41, 5.74) is 3.08. The van der Waals surface area contributed by atoms with Crippen molar-refractivity contribution in [3.63, 3.8) is 0 Å². The number of hydrogen-bond acceptors (Lipinski definition) is 4. The number of nitro groups is 1. The van der Waals surface area contributed by atoms with Crippen molar-refractivity contribution in [1.29, 1.82) is 0 Å². The van der Waals surface area contributed by atoms with Crippen molar-refractivity contribution in [2.24, 2.45) is 4.99 Å². The van der Waals surface area contributed by atoms with Crippen LogP contribution in [0.1, 0.15) is 44.2 Å². The molecule has 0 saturated carbocycles. The predicted molar refractivity (Wildman–Crippen MR) is 117 cm³/mol. The summed E-state index contributed by atoms with van der Waals surface area (Å²) in [6.45, 7) is 7.21. The first-order valence-corrected chi connectivity index (χ1v) is 10.3. The molecule has 0 atom stereocenters. The fraction of sp³-hybridized carbons (Fsp3) is 0.273. The molecule has 0 aliphatic rings. The topological polar surface area (TPSA) is 77.5 Å². The van der Waals surface area contributed by atoms with Crippen molar-refractivity contribution in [2.45, 2.75) is 39.7 Å². The number of aryl methyl sites for hydroxylation is 1. The number of rotatable bonds is 6. The molecule has 1 amide bonds. The van der Waals surface area contributed by atoms with E-state index >= 15 is 0 Å². The van der Waals surface area contributed by atoms with E-state index in [0.717, 1.165) is 23.2 Å². The minimum absolute atomic E-state index is 0.0183. The van der Waals surface area contributed by atoms with Crippen molar-refractivity contribution in [3.05, 3.63) is 74.6 Å². The molecule has 3 rings (SSSR count). The van der Waals surface area contributed by atoms with Crippen molar-refractivity contribution in [2.75, 3.05) is 0 Å². The maximum Gasteiger partial charge on any atom is 0.272 e. The highest BCUT2D eigenvalue weighted by molar-refractivity contribution is 7.16. The zero-order valence-electron chi connectivity index (χ0n) is 16.7. The van der Waals surface area contributed by atoms with Gasteiger partial charge in [0.25, 0.3) is 11.6 Å². The lowest BCUT2D eigenvalue weighted by Crippen LogP contribution is -2.16. The Bertz CT molecular complexity index is 1140. The molecule has 150 valence electrons. The zero-order chi connectivity index (χ0) is 21.0. The number of amides is 1. The lowest BCUT2D eigenvalue weighted by atomic mass is 10.0. The smallest absolute Gasteiger partial charge is 0.272 e. The van der Waals surface area contributed by atoms with E-state index in [4.69, 9.17) is 0 Å². The van der Waals surface area contributed by atoms with E-state index in [9.17, 15) is 14.9 Å². The molecule has 0 aliphatic carbocycles. The first-order valence-electron chi connectivity index (χ1n) is 9.53. The molecule has 29 heavy (non-hydrogen) atoms. The lowest BCUT2D eigenvalue weighted by Gasteiger charge is -2.06. The summed E-state index contributed by atoms with van der Waals surface area (Å²) in [4.78, 5) is 27.6. The van der Waals surface area contributed by atoms with E-state index in [0.29, 0.717) is 16.3 Å². The van der Waals surface area contributed by atoms with Gasteiger partial charge in [-0.25, -0.2) is 0 Å². The van der Waals surface area contributed by atoms with Crippen LogP contribution in [0.2, 0.25) is 0 Å². The number of non-ortho nitro benzene ring substituents is 1. The third-order valence-corrected chi connectivity index (χ3v) is 5.59. The molecular weight excluding hydrogens is 386 g/mol. The van der Waals surface area contributed by atoms with Crippen LogP contribution in [0.5, 0.6) is 0 Å². The Morgan fingerprint density at radius 1 is 1.24 bits per heavy atom. The molecule has 0 saturated heterocycles. The summed E-state index contributed by atoms with van der Waals surface area (Å²) in [6.07, 6.45) is 3.95. The number of benzene rings is 2. The molecule has 0 fully saturated rings. The Hall–Kier alpha value is -3.06. The molecule has 0 aliphatic heterocycles. The standard InChI is InChI=1S/C22H23N3O3S/c1-4-13-24-19-11-8-17(15(2)3)14-20(19)29-22(24)23-21(26)12-7-16-5-9-18(10-6-16)25(27)28/h5-12,14-15H,4,13H2,1-3H3/b12-7+,23-22?. The molecule has 1 heterocycles. The number of carbonyl (C=O) groups is 1. The summed E-state index contributed by atoms with van der Waals surface area (Å²) < 4.78 is 3.21. The molecule has 0 unspecified atom stereocenters. The Labute approximate surface area is 173 Å². The van der Waals surface area contributed by atoms with E-state index in [1.54, 1.807) is 18.2 Å². The highest BCUT2D eigenvalue weighted by atomic mass is 32.1. The second-order valence-corrected chi connectivity index (χ2v) is 8.06. The Morgan fingerprint density at radius 3 is 2.59 bits per heavy atom. The van der Waals surface area contributed by atoms with Crippen molar-refractivity contribution in [3.8, 4) is 0 Å². The molecule has 0 bridgehead atoms. The van der Waals surface area contributed by atoms with Crippen LogP contribution < -0.4 is 4.80 Å². The Morgan fingerprint density at radius 2 is 1.97 bits per heavy atom. The molecule has 6 nitrogen and oxygen atoms in total. The van der Waals surface area contributed by atoms with Crippen LogP contribution in [0.3, 0.4) is 0 Å². The predicted octanol–water partition coefficient (Wildman–Crippen LogP) is 5.29. The SMILES string of the molecule is CCCn1c(=NC(=O)/C=C/c2ccc([N+](=O)[O-])cc2)sc2cc(C(C)C)ccc21. The number of fused-ring (bicyclic) bond motifs is 1. The van der Waals surface area contributed by atoms with Gasteiger partial charge in [0, 0.05) is 24.8 Å². The first-order chi connectivity index (χ1) is 13.9. The molecule has 0 N–H and O–H groups in total. The fourth-order valence-corrected chi connectivity index (χ4v) is 4.09. The monoisotopic (exact) mass is 409 g/mol. The Balaban J connectivity index is 1.92. The van der Waals surface area contributed by atoms with Crippen LogP contribution in [0, 0.1) is 10.1 Å². The quantitative estimate of drug-likeness (QED) is 0.315. The van der Waals surface area contributed by atoms with Gasteiger partial charge in [0.15, 0.2) is 4.80 Å². The molecule has 1 aromatic heterocycles. The van der Waals surface area contributed by atoms with Crippen LogP contribution in [0.15, 0.2) is 53.5 Å². The third kappa shape index (κ3) is 4.86. The molecule has 2 aromatic carbocycles. The summed E-state index contributed by atoms with van der Waals surface area (Å²) in [6, 6.07) is 12.4. The second-order valence-electron chi connectivity index (χ2n) is 7.05. The summed E-state index contributed by atoms with van der Waals surface area (Å²) in [5.74, 6) is 0.0802. The zero-order valence-corrected chi connectivity index (χ0v) is 17.5. The van der Waals surface area contributed by atoms with E-state index in [1.807, 2.05) is 0 Å². The van der Waals surface area contributed by atoms with Crippen LogP contribution in [0.25, 0.3) is 16.3 Å². The van der Waals surface area contributed by atoms with Crippen LogP contribution in [-0.2, 0) is 11.3 Å². The van der Waals surface area contributed by atoms with Gasteiger partial charge in [-0.1, -0.05) is 38.2 Å². The normalized spacial score (nSPS) is 12.3. The first kappa shape index (κ1) is 20.7. The van der Waals surface area contributed by atoms with Crippen LogP contribution in [-0.4, -0.2) is 15.4 Å². The second kappa shape index (κ2) is 8.96. The van der Waals surface area contributed by atoms with Crippen LogP contribution in [0.4, 0.5) is 5.69 Å². The average molecular weight is 410 g/mol. The van der Waals surface area contributed by atoms with Gasteiger partial charge < -0.3 is 4.57 Å². The van der Waals surface area contributed by atoms with Gasteiger partial charge in [-0.15, -0.1) is 0 Å². The van der Waals surface area contributed by atoms with E-state index in [-0.39, 0.29) is 11.6 Å². The van der Waals surface area contributed by atoms with Gasteiger partial charge in [0.2, 0.25) is 0 Å². The van der Waals surface area contributed by atoms with E-state index in [2.05, 4.69) is 48.5 Å². The number of thiazole rings is 1. The van der Waals surface area contributed by atoms with E-state index < -0.39 is 4.92 Å². The van der Waals surface area contributed by atoms with Crippen molar-refractivity contribution < 1.29 is 9.72 Å². The Kier molecular flexibility index (Phi) is 6.39. The molecule has 3 aromatic rings. The number of nitrogens with zero attached hydrogens (tertiary/aromatic N) is 3. The van der Waals surface area contributed by atoms with Crippen molar-refractivity contribution in [1.82, 2.24) is 4.57 Å². The molecule has 7 heteroatoms. The highest BCUT2D eigenvalue weighted by Gasteiger charge is 2.09. The third-order valence-electron chi connectivity index (χ3n) is 4.55. The van der Waals surface area contributed by atoms with Crippen LogP contribution >= 0.6 is 11.3 Å². The number of aromatic nitrogens is 1. The molecule has 0 spiro atoms. The minimum atomic E-state index is -0.452. The average Bonchev–Trinajstić information content (AvgIpc) is 3.03. The maximum absolute atomic E-state index is 12.4. The van der Waals surface area contributed by atoms with Crippen molar-refractivity contribution >= 4 is 39.2 Å². The minimum Gasteiger partial charge on any atom is -0.316 e. The van der Waals surface area contributed by atoms with E-state index in [1.165, 1.54) is 35.1 Å². The number of carbonyl (C=O) groups excluding carboxylic acids is 1. The maximum atomic E-state index is 12.4. The number of nitro benzene ring substituents is 1. The summed E-state index contributed by atoms with van der Waals surface area (Å²) in [7, 11) is 0. The summed E-state index contributed by atoms with van der Waals surface area (Å²) >= 11 is 1.52. The number of hydrogen-bond donors (Lipinski definition) is 0. The lowest BCUT2D eigenvalue weighted by molar-refractivity contribution is -0.384.